The van der Waals surface area contributed by atoms with E-state index in [2.05, 4.69) is 10.3 Å². The quantitative estimate of drug-likeness (QED) is 0.324. The van der Waals surface area contributed by atoms with E-state index in [0.29, 0.717) is 5.56 Å². The van der Waals surface area contributed by atoms with Crippen molar-refractivity contribution in [3.05, 3.63) is 95.0 Å². The molecule has 0 spiro atoms. The number of aromatic hydroxyl groups is 1. The lowest BCUT2D eigenvalue weighted by molar-refractivity contribution is 0.0767. The zero-order valence-corrected chi connectivity index (χ0v) is 21.1. The number of phenols is 1. The van der Waals surface area contributed by atoms with E-state index in [1.807, 2.05) is 30.3 Å². The molecule has 0 radical (unpaired) electrons. The Bertz CT molecular complexity index is 1630. The molecule has 0 saturated carbocycles. The highest BCUT2D eigenvalue weighted by Crippen LogP contribution is 2.27. The fraction of sp³-hybridized carbons (Fsp3) is 0.222. The Balaban J connectivity index is 1.55. The average molecular weight is 522 g/mol. The molecular weight excluding hydrogens is 494 g/mol. The van der Waals surface area contributed by atoms with Crippen molar-refractivity contribution in [3.63, 3.8) is 0 Å². The van der Waals surface area contributed by atoms with Gasteiger partial charge in [-0.05, 0) is 48.4 Å². The van der Waals surface area contributed by atoms with Gasteiger partial charge in [0.2, 0.25) is 0 Å². The lowest BCUT2D eigenvalue weighted by atomic mass is 10.0. The van der Waals surface area contributed by atoms with E-state index in [0.717, 1.165) is 27.3 Å². The summed E-state index contributed by atoms with van der Waals surface area (Å²) < 4.78 is 24.8. The number of phenolic OH excluding ortho intramolecular Hbond substituents is 1. The number of para-hydroxylation sites is 1. The summed E-state index contributed by atoms with van der Waals surface area (Å²) in [4.78, 5) is 29.7. The van der Waals surface area contributed by atoms with Crippen molar-refractivity contribution in [3.8, 4) is 16.9 Å². The van der Waals surface area contributed by atoms with Crippen molar-refractivity contribution < 1.29 is 23.4 Å². The molecule has 2 aromatic heterocycles. The summed E-state index contributed by atoms with van der Waals surface area (Å²) in [6.45, 7) is 1.05. The van der Waals surface area contributed by atoms with Crippen LogP contribution >= 0.6 is 0 Å². The van der Waals surface area contributed by atoms with Crippen LogP contribution < -0.4 is 10.9 Å². The van der Waals surface area contributed by atoms with Gasteiger partial charge < -0.3 is 15.5 Å². The first kappa shape index (κ1) is 26.1. The molecule has 0 fully saturated rings. The Labute approximate surface area is 214 Å². The molecule has 4 aromatic rings. The van der Waals surface area contributed by atoms with Crippen LogP contribution in [0.2, 0.25) is 0 Å². The van der Waals surface area contributed by atoms with Gasteiger partial charge in [-0.2, -0.15) is 0 Å². The van der Waals surface area contributed by atoms with Crippen LogP contribution in [0.3, 0.4) is 0 Å². The maximum atomic E-state index is 12.9. The summed E-state index contributed by atoms with van der Waals surface area (Å²) in [7, 11) is -3.80. The number of aliphatic hydroxyl groups is 1. The van der Waals surface area contributed by atoms with Gasteiger partial charge in [-0.15, -0.1) is 0 Å². The molecule has 192 valence electrons. The van der Waals surface area contributed by atoms with Crippen LogP contribution in [0.1, 0.15) is 29.9 Å². The van der Waals surface area contributed by atoms with E-state index in [4.69, 9.17) is 0 Å². The number of fused-ring (bicyclic) bond motifs is 1. The molecule has 37 heavy (non-hydrogen) atoms. The molecule has 1 amide bonds. The van der Waals surface area contributed by atoms with Gasteiger partial charge in [0.05, 0.1) is 15.8 Å². The van der Waals surface area contributed by atoms with E-state index in [-0.39, 0.29) is 24.3 Å². The first-order chi connectivity index (χ1) is 17.5. The number of hydrogen-bond acceptors (Lipinski definition) is 7. The number of sulfone groups is 1. The highest BCUT2D eigenvalue weighted by atomic mass is 32.2. The molecule has 10 heteroatoms. The zero-order chi connectivity index (χ0) is 26.8. The Morgan fingerprint density at radius 3 is 2.51 bits per heavy atom. The van der Waals surface area contributed by atoms with Gasteiger partial charge in [-0.1, -0.05) is 30.3 Å². The number of nitrogens with one attached hydrogen (secondary N) is 1. The molecular formula is C27H27N3O6S. The van der Waals surface area contributed by atoms with Crippen molar-refractivity contribution in [1.29, 1.82) is 0 Å². The summed E-state index contributed by atoms with van der Waals surface area (Å²) in [6.07, 6.45) is 2.28. The SMILES string of the molecule is CC(CNC(=O)c1ccccc1O)(CC(O)n1ccc(-c2ccc3cccnc3c2)cc1=O)S(C)(=O)=O. The summed E-state index contributed by atoms with van der Waals surface area (Å²) in [5, 5.41) is 24.2. The molecule has 2 aromatic carbocycles. The minimum Gasteiger partial charge on any atom is -0.507 e. The third-order valence-electron chi connectivity index (χ3n) is 6.49. The van der Waals surface area contributed by atoms with Crippen LogP contribution in [-0.2, 0) is 9.84 Å². The normalized spacial score (nSPS) is 14.1. The van der Waals surface area contributed by atoms with Gasteiger partial charge in [-0.25, -0.2) is 8.42 Å². The average Bonchev–Trinajstić information content (AvgIpc) is 2.86. The van der Waals surface area contributed by atoms with Crippen LogP contribution in [0.5, 0.6) is 5.75 Å². The van der Waals surface area contributed by atoms with Crippen LogP contribution in [0.15, 0.2) is 83.9 Å². The van der Waals surface area contributed by atoms with E-state index in [9.17, 15) is 28.2 Å². The van der Waals surface area contributed by atoms with Crippen molar-refractivity contribution >= 4 is 26.6 Å². The van der Waals surface area contributed by atoms with Crippen LogP contribution in [-0.4, -0.2) is 51.6 Å². The Kier molecular flexibility index (Phi) is 7.15. The lowest BCUT2D eigenvalue weighted by Gasteiger charge is -2.30. The van der Waals surface area contributed by atoms with Gasteiger partial charge in [0.15, 0.2) is 9.84 Å². The molecule has 9 nitrogen and oxygen atoms in total. The molecule has 0 aliphatic heterocycles. The van der Waals surface area contributed by atoms with Gasteiger partial charge in [0.1, 0.15) is 12.0 Å². The summed E-state index contributed by atoms with van der Waals surface area (Å²) >= 11 is 0. The summed E-state index contributed by atoms with van der Waals surface area (Å²) in [5.74, 6) is -0.899. The maximum Gasteiger partial charge on any atom is 0.255 e. The van der Waals surface area contributed by atoms with Crippen LogP contribution in [0.4, 0.5) is 0 Å². The number of aliphatic hydroxyl groups excluding tert-OH is 1. The van der Waals surface area contributed by atoms with Crippen LogP contribution in [0.25, 0.3) is 22.0 Å². The number of pyridine rings is 2. The number of carbonyl (C=O) groups excluding carboxylic acids is 1. The van der Waals surface area contributed by atoms with Crippen LogP contribution in [0, 0.1) is 0 Å². The second kappa shape index (κ2) is 10.2. The molecule has 3 N–H and O–H groups in total. The van der Waals surface area contributed by atoms with Gasteiger partial charge in [-0.3, -0.25) is 19.1 Å². The predicted octanol–water partition coefficient (Wildman–Crippen LogP) is 2.88. The van der Waals surface area contributed by atoms with Gasteiger partial charge in [0, 0.05) is 43.1 Å². The van der Waals surface area contributed by atoms with Crippen molar-refractivity contribution in [2.45, 2.75) is 24.3 Å². The standard InChI is InChI=1S/C27H27N3O6S/c1-27(37(2,35)36,17-29-26(34)21-7-3-4-8-23(21)31)16-25(33)30-13-11-20(15-24(30)32)19-10-9-18-6-5-12-28-22(18)14-19/h3-15,25,31,33H,16-17H2,1-2H3,(H,29,34). The number of carbonyl (C=O) groups is 1. The lowest BCUT2D eigenvalue weighted by Crippen LogP contribution is -2.48. The molecule has 2 atom stereocenters. The summed E-state index contributed by atoms with van der Waals surface area (Å²) in [5.41, 5.74) is 1.66. The second-order valence-corrected chi connectivity index (χ2v) is 11.7. The topological polar surface area (TPSA) is 139 Å². The second-order valence-electron chi connectivity index (χ2n) is 9.18. The van der Waals surface area contributed by atoms with E-state index in [1.54, 1.807) is 24.4 Å². The number of hydrogen-bond donors (Lipinski definition) is 3. The monoisotopic (exact) mass is 521 g/mol. The van der Waals surface area contributed by atoms with Gasteiger partial charge in [0.25, 0.3) is 11.5 Å². The zero-order valence-electron chi connectivity index (χ0n) is 20.3. The smallest absolute Gasteiger partial charge is 0.255 e. The number of benzene rings is 2. The fourth-order valence-corrected chi connectivity index (χ4v) is 4.82. The van der Waals surface area contributed by atoms with E-state index in [1.165, 1.54) is 31.3 Å². The van der Waals surface area contributed by atoms with Gasteiger partial charge >= 0.3 is 0 Å². The fourth-order valence-electron chi connectivity index (χ4n) is 4.03. The largest absolute Gasteiger partial charge is 0.507 e. The van der Waals surface area contributed by atoms with Crippen molar-refractivity contribution in [2.24, 2.45) is 0 Å². The highest BCUT2D eigenvalue weighted by molar-refractivity contribution is 7.92. The highest BCUT2D eigenvalue weighted by Gasteiger charge is 2.39. The van der Waals surface area contributed by atoms with E-state index >= 15 is 0 Å². The minimum absolute atomic E-state index is 0.00500. The predicted molar refractivity (Wildman–Crippen MR) is 141 cm³/mol. The third-order valence-corrected chi connectivity index (χ3v) is 8.59. The molecule has 2 heterocycles. The van der Waals surface area contributed by atoms with E-state index < -0.39 is 32.3 Å². The van der Waals surface area contributed by atoms with Crippen molar-refractivity contribution in [2.75, 3.05) is 12.8 Å². The number of rotatable bonds is 8. The molecule has 0 aliphatic rings. The number of amides is 1. The molecule has 4 rings (SSSR count). The minimum atomic E-state index is -3.80. The van der Waals surface area contributed by atoms with Crippen molar-refractivity contribution in [1.82, 2.24) is 14.9 Å². The number of nitrogens with zero attached hydrogens (tertiary/aromatic N) is 2. The molecule has 0 aliphatic carbocycles. The molecule has 2 unspecified atom stereocenters. The molecule has 0 saturated heterocycles. The maximum absolute atomic E-state index is 12.9. The Morgan fingerprint density at radius 1 is 1.08 bits per heavy atom. The summed E-state index contributed by atoms with van der Waals surface area (Å²) in [6, 6.07) is 18.3. The molecule has 0 bridgehead atoms. The number of aromatic nitrogens is 2. The third kappa shape index (κ3) is 5.55. The Morgan fingerprint density at radius 2 is 1.81 bits per heavy atom. The first-order valence-electron chi connectivity index (χ1n) is 11.5. The Hall–Kier alpha value is -4.02. The first-order valence-corrected chi connectivity index (χ1v) is 13.4.